The number of aromatic amines is 1. The summed E-state index contributed by atoms with van der Waals surface area (Å²) in [5, 5.41) is 10.6. The Kier molecular flexibility index (Phi) is 3.31. The highest BCUT2D eigenvalue weighted by molar-refractivity contribution is 6.30. The van der Waals surface area contributed by atoms with Crippen LogP contribution >= 0.6 is 11.6 Å². The van der Waals surface area contributed by atoms with Crippen LogP contribution < -0.4 is 10.9 Å². The van der Waals surface area contributed by atoms with Crippen LogP contribution in [-0.4, -0.2) is 16.2 Å². The highest BCUT2D eigenvalue weighted by atomic mass is 35.5. The average Bonchev–Trinajstić information content (AvgIpc) is 2.53. The summed E-state index contributed by atoms with van der Waals surface area (Å²) in [7, 11) is 0. The van der Waals surface area contributed by atoms with E-state index in [-0.39, 0.29) is 22.4 Å². The molecule has 2 heterocycles. The molecule has 2 atom stereocenters. The van der Waals surface area contributed by atoms with E-state index in [1.165, 1.54) is 24.3 Å². The van der Waals surface area contributed by atoms with E-state index in [0.29, 0.717) is 22.3 Å². The van der Waals surface area contributed by atoms with E-state index >= 15 is 0 Å². The number of anilines is 1. The molecule has 3 aromatic rings. The first kappa shape index (κ1) is 15.1. The molecule has 4 rings (SSSR count). The molecule has 2 aromatic carbocycles. The summed E-state index contributed by atoms with van der Waals surface area (Å²) < 4.78 is 27.7. The predicted molar refractivity (Wildman–Crippen MR) is 88.7 cm³/mol. The smallest absolute Gasteiger partial charge is 0.272 e. The van der Waals surface area contributed by atoms with Crippen molar-refractivity contribution in [3.05, 3.63) is 68.6 Å². The lowest BCUT2D eigenvalue weighted by molar-refractivity contribution is 0.608. The molecular formula is C17H12ClF2N3O. The van der Waals surface area contributed by atoms with E-state index in [2.05, 4.69) is 15.5 Å². The van der Waals surface area contributed by atoms with Crippen molar-refractivity contribution in [3.63, 3.8) is 0 Å². The summed E-state index contributed by atoms with van der Waals surface area (Å²) in [6.45, 7) is 1.89. The fourth-order valence-corrected chi connectivity index (χ4v) is 3.46. The van der Waals surface area contributed by atoms with Gasteiger partial charge in [0.25, 0.3) is 5.56 Å². The highest BCUT2D eigenvalue weighted by Crippen LogP contribution is 2.40. The van der Waals surface area contributed by atoms with Crippen LogP contribution in [0.1, 0.15) is 24.1 Å². The van der Waals surface area contributed by atoms with E-state index in [1.807, 2.05) is 6.92 Å². The standard InChI is InChI=1S/C17H12ClF2N3O/c1-7-14(8-2-3-11(18)12(20)4-8)16-15-10(17(24)23-22-16)5-9(19)6-13(15)21-7/h2-7,14,21H,1H3,(H,23,24)/t7-,14?/m0/s1. The van der Waals surface area contributed by atoms with E-state index in [4.69, 9.17) is 11.6 Å². The maximum Gasteiger partial charge on any atom is 0.272 e. The molecule has 2 N–H and O–H groups in total. The molecule has 0 bridgehead atoms. The van der Waals surface area contributed by atoms with Crippen molar-refractivity contribution in [1.29, 1.82) is 0 Å². The molecule has 4 nitrogen and oxygen atoms in total. The third-order valence-corrected chi connectivity index (χ3v) is 4.67. The van der Waals surface area contributed by atoms with Crippen LogP contribution in [0.4, 0.5) is 14.5 Å². The molecule has 0 amide bonds. The Labute approximate surface area is 140 Å². The van der Waals surface area contributed by atoms with E-state index < -0.39 is 17.2 Å². The van der Waals surface area contributed by atoms with Gasteiger partial charge in [-0.1, -0.05) is 17.7 Å². The highest BCUT2D eigenvalue weighted by Gasteiger charge is 2.32. The number of H-pyrrole nitrogens is 1. The lowest BCUT2D eigenvalue weighted by Crippen LogP contribution is -2.31. The van der Waals surface area contributed by atoms with Crippen LogP contribution in [0.15, 0.2) is 35.1 Å². The van der Waals surface area contributed by atoms with Gasteiger partial charge in [0.2, 0.25) is 0 Å². The number of aromatic nitrogens is 2. The maximum atomic E-state index is 13.9. The Morgan fingerprint density at radius 1 is 1.21 bits per heavy atom. The van der Waals surface area contributed by atoms with Gasteiger partial charge in [-0.05, 0) is 36.8 Å². The second kappa shape index (κ2) is 5.27. The molecule has 0 aliphatic carbocycles. The van der Waals surface area contributed by atoms with Gasteiger partial charge in [-0.2, -0.15) is 5.10 Å². The molecule has 1 aliphatic rings. The molecule has 0 fully saturated rings. The second-order valence-electron chi connectivity index (χ2n) is 5.90. The van der Waals surface area contributed by atoms with E-state index in [1.54, 1.807) is 6.07 Å². The number of nitrogens with zero attached hydrogens (tertiary/aromatic N) is 1. The van der Waals surface area contributed by atoms with E-state index in [9.17, 15) is 13.6 Å². The van der Waals surface area contributed by atoms with Gasteiger partial charge < -0.3 is 5.32 Å². The molecule has 1 aromatic heterocycles. The monoisotopic (exact) mass is 347 g/mol. The number of benzene rings is 2. The maximum absolute atomic E-state index is 13.9. The van der Waals surface area contributed by atoms with Crippen LogP contribution in [-0.2, 0) is 0 Å². The molecule has 122 valence electrons. The van der Waals surface area contributed by atoms with Crippen LogP contribution in [0.5, 0.6) is 0 Å². The lowest BCUT2D eigenvalue weighted by Gasteiger charge is -2.32. The van der Waals surface area contributed by atoms with Crippen molar-refractivity contribution >= 4 is 28.1 Å². The zero-order valence-electron chi connectivity index (χ0n) is 12.5. The molecule has 0 spiro atoms. The minimum atomic E-state index is -0.521. The summed E-state index contributed by atoms with van der Waals surface area (Å²) in [5.41, 5.74) is 1.30. The second-order valence-corrected chi connectivity index (χ2v) is 6.31. The van der Waals surface area contributed by atoms with Crippen LogP contribution in [0.25, 0.3) is 10.8 Å². The Balaban J connectivity index is 2.02. The Morgan fingerprint density at radius 3 is 2.75 bits per heavy atom. The first-order chi connectivity index (χ1) is 11.5. The quantitative estimate of drug-likeness (QED) is 0.704. The van der Waals surface area contributed by atoms with Crippen molar-refractivity contribution in [2.45, 2.75) is 18.9 Å². The summed E-state index contributed by atoms with van der Waals surface area (Å²) in [6.07, 6.45) is 0. The molecule has 7 heteroatoms. The Bertz CT molecular complexity index is 1030. The zero-order valence-corrected chi connectivity index (χ0v) is 13.3. The lowest BCUT2D eigenvalue weighted by atomic mass is 9.83. The normalized spacial score (nSPS) is 19.3. The van der Waals surface area contributed by atoms with Crippen LogP contribution in [0.3, 0.4) is 0 Å². The molecule has 24 heavy (non-hydrogen) atoms. The predicted octanol–water partition coefficient (Wildman–Crippen LogP) is 3.80. The number of hydrogen-bond acceptors (Lipinski definition) is 3. The largest absolute Gasteiger partial charge is 0.381 e. The van der Waals surface area contributed by atoms with Gasteiger partial charge in [0, 0.05) is 23.0 Å². The molecule has 1 aliphatic heterocycles. The molecular weight excluding hydrogens is 336 g/mol. The van der Waals surface area contributed by atoms with E-state index in [0.717, 1.165) is 0 Å². The van der Waals surface area contributed by atoms with Crippen molar-refractivity contribution < 1.29 is 8.78 Å². The minimum Gasteiger partial charge on any atom is -0.381 e. The number of hydrogen-bond donors (Lipinski definition) is 2. The molecule has 0 radical (unpaired) electrons. The number of halogens is 3. The van der Waals surface area contributed by atoms with Gasteiger partial charge in [-0.3, -0.25) is 4.79 Å². The van der Waals surface area contributed by atoms with Crippen LogP contribution in [0.2, 0.25) is 5.02 Å². The van der Waals surface area contributed by atoms with Crippen molar-refractivity contribution in [3.8, 4) is 0 Å². The third-order valence-electron chi connectivity index (χ3n) is 4.36. The number of rotatable bonds is 1. The average molecular weight is 348 g/mol. The molecule has 1 unspecified atom stereocenters. The number of nitrogens with one attached hydrogen (secondary N) is 2. The van der Waals surface area contributed by atoms with Gasteiger partial charge in [-0.15, -0.1) is 0 Å². The fourth-order valence-electron chi connectivity index (χ4n) is 3.35. The summed E-state index contributed by atoms with van der Waals surface area (Å²) in [5.74, 6) is -1.34. The van der Waals surface area contributed by atoms with Gasteiger partial charge in [0.1, 0.15) is 11.6 Å². The summed E-state index contributed by atoms with van der Waals surface area (Å²) >= 11 is 5.76. The van der Waals surface area contributed by atoms with Crippen molar-refractivity contribution in [2.75, 3.05) is 5.32 Å². The van der Waals surface area contributed by atoms with Gasteiger partial charge >= 0.3 is 0 Å². The zero-order chi connectivity index (χ0) is 17.0. The third kappa shape index (κ3) is 2.17. The van der Waals surface area contributed by atoms with Crippen LogP contribution in [0, 0.1) is 11.6 Å². The SMILES string of the molecule is C[C@@H]1Nc2cc(F)cc3c(=O)[nH]nc(c23)C1c1ccc(Cl)c(F)c1. The first-order valence-electron chi connectivity index (χ1n) is 7.39. The Morgan fingerprint density at radius 2 is 2.00 bits per heavy atom. The van der Waals surface area contributed by atoms with Gasteiger partial charge in [-0.25, -0.2) is 13.9 Å². The minimum absolute atomic E-state index is 0.0391. The van der Waals surface area contributed by atoms with Crippen molar-refractivity contribution in [2.24, 2.45) is 0 Å². The molecule has 0 saturated carbocycles. The first-order valence-corrected chi connectivity index (χ1v) is 7.77. The Hall–Kier alpha value is -2.47. The van der Waals surface area contributed by atoms with Gasteiger partial charge in [0.15, 0.2) is 0 Å². The summed E-state index contributed by atoms with van der Waals surface area (Å²) in [4.78, 5) is 12.0. The van der Waals surface area contributed by atoms with Gasteiger partial charge in [0.05, 0.1) is 16.1 Å². The molecule has 0 saturated heterocycles. The van der Waals surface area contributed by atoms with Crippen molar-refractivity contribution in [1.82, 2.24) is 10.2 Å². The topological polar surface area (TPSA) is 57.8 Å². The fraction of sp³-hybridized carbons (Fsp3) is 0.176. The summed E-state index contributed by atoms with van der Waals surface area (Å²) in [6, 6.07) is 6.91.